The number of carbonyl (C=O) groups is 1. The first-order valence-electron chi connectivity index (χ1n) is 11.8. The second-order valence-corrected chi connectivity index (χ2v) is 8.71. The summed E-state index contributed by atoms with van der Waals surface area (Å²) in [5.41, 5.74) is 2.17. The van der Waals surface area contributed by atoms with Crippen molar-refractivity contribution in [1.82, 2.24) is 34.4 Å². The summed E-state index contributed by atoms with van der Waals surface area (Å²) in [6.45, 7) is 8.45. The van der Waals surface area contributed by atoms with Gasteiger partial charge in [0.05, 0.1) is 24.8 Å². The maximum absolute atomic E-state index is 13.5. The molecule has 3 aromatic rings. The van der Waals surface area contributed by atoms with Crippen LogP contribution in [-0.4, -0.2) is 72.1 Å². The first kappa shape index (κ1) is 21.7. The lowest BCUT2D eigenvalue weighted by Gasteiger charge is -2.38. The van der Waals surface area contributed by atoms with E-state index in [0.717, 1.165) is 17.0 Å². The molecule has 1 N–H and O–H groups in total. The SMILES string of the molecule is CC[C@H](Nc1ncnc2c1nc(-c1cnc(C)nc1)n2CC)C(=O)N1CCOC[C@@H]1C1CC1. The molecule has 1 aliphatic carbocycles. The predicted molar refractivity (Wildman–Crippen MR) is 124 cm³/mol. The van der Waals surface area contributed by atoms with E-state index in [1.807, 2.05) is 30.2 Å². The Balaban J connectivity index is 1.46. The van der Waals surface area contributed by atoms with Crippen molar-refractivity contribution in [1.29, 1.82) is 0 Å². The van der Waals surface area contributed by atoms with Crippen LogP contribution in [0.25, 0.3) is 22.6 Å². The van der Waals surface area contributed by atoms with Gasteiger partial charge in [-0.1, -0.05) is 6.92 Å². The molecule has 33 heavy (non-hydrogen) atoms. The first-order valence-corrected chi connectivity index (χ1v) is 11.8. The molecule has 10 nitrogen and oxygen atoms in total. The van der Waals surface area contributed by atoms with Crippen LogP contribution in [0.2, 0.25) is 0 Å². The van der Waals surface area contributed by atoms with Crippen LogP contribution in [0.4, 0.5) is 5.82 Å². The number of rotatable bonds is 7. The summed E-state index contributed by atoms with van der Waals surface area (Å²) in [5, 5.41) is 3.38. The number of nitrogens with zero attached hydrogens (tertiary/aromatic N) is 7. The van der Waals surface area contributed by atoms with Crippen LogP contribution in [-0.2, 0) is 16.1 Å². The number of amides is 1. The third kappa shape index (κ3) is 4.15. The second-order valence-electron chi connectivity index (χ2n) is 8.71. The van der Waals surface area contributed by atoms with E-state index < -0.39 is 0 Å². The van der Waals surface area contributed by atoms with Crippen molar-refractivity contribution in [3.8, 4) is 11.4 Å². The molecule has 0 unspecified atom stereocenters. The number of carbonyl (C=O) groups excluding carboxylic acids is 1. The van der Waals surface area contributed by atoms with Crippen molar-refractivity contribution >= 4 is 22.9 Å². The normalized spacial score (nSPS) is 19.6. The summed E-state index contributed by atoms with van der Waals surface area (Å²) < 4.78 is 7.69. The summed E-state index contributed by atoms with van der Waals surface area (Å²) in [5.74, 6) is 2.68. The fourth-order valence-electron chi connectivity index (χ4n) is 4.54. The van der Waals surface area contributed by atoms with Gasteiger partial charge in [0, 0.05) is 25.5 Å². The largest absolute Gasteiger partial charge is 0.377 e. The lowest BCUT2D eigenvalue weighted by molar-refractivity contribution is -0.141. The molecule has 4 heterocycles. The van der Waals surface area contributed by atoms with Crippen molar-refractivity contribution in [2.24, 2.45) is 5.92 Å². The van der Waals surface area contributed by atoms with Crippen molar-refractivity contribution in [3.63, 3.8) is 0 Å². The van der Waals surface area contributed by atoms with Gasteiger partial charge in [-0.05, 0) is 39.0 Å². The van der Waals surface area contributed by atoms with Crippen molar-refractivity contribution in [2.45, 2.75) is 58.7 Å². The van der Waals surface area contributed by atoms with Gasteiger partial charge in [0.1, 0.15) is 24.0 Å². The number of hydrogen-bond donors (Lipinski definition) is 1. The molecule has 0 radical (unpaired) electrons. The Labute approximate surface area is 192 Å². The van der Waals surface area contributed by atoms with Crippen LogP contribution < -0.4 is 5.32 Å². The van der Waals surface area contributed by atoms with Gasteiger partial charge in [-0.3, -0.25) is 4.79 Å². The number of aryl methyl sites for hydroxylation is 2. The molecule has 1 aliphatic heterocycles. The Morgan fingerprint density at radius 2 is 2.00 bits per heavy atom. The summed E-state index contributed by atoms with van der Waals surface area (Å²) in [6, 6.07) is -0.208. The zero-order chi connectivity index (χ0) is 22.9. The number of hydrogen-bond acceptors (Lipinski definition) is 8. The molecule has 1 amide bonds. The molecule has 0 spiro atoms. The Kier molecular flexibility index (Phi) is 5.92. The topological polar surface area (TPSA) is 111 Å². The van der Waals surface area contributed by atoms with Gasteiger partial charge >= 0.3 is 0 Å². The van der Waals surface area contributed by atoms with Crippen molar-refractivity contribution in [3.05, 3.63) is 24.5 Å². The quantitative estimate of drug-likeness (QED) is 0.584. The molecule has 0 bridgehead atoms. The molecule has 10 heteroatoms. The van der Waals surface area contributed by atoms with Crippen LogP contribution in [0, 0.1) is 12.8 Å². The molecule has 174 valence electrons. The molecule has 2 fully saturated rings. The van der Waals surface area contributed by atoms with Crippen molar-refractivity contribution < 1.29 is 9.53 Å². The highest BCUT2D eigenvalue weighted by atomic mass is 16.5. The average Bonchev–Trinajstić information content (AvgIpc) is 3.62. The maximum atomic E-state index is 13.5. The van der Waals surface area contributed by atoms with Gasteiger partial charge in [-0.25, -0.2) is 24.9 Å². The van der Waals surface area contributed by atoms with Crippen LogP contribution >= 0.6 is 0 Å². The molecular formula is C23H30N8O2. The number of ether oxygens (including phenoxy) is 1. The fraction of sp³-hybridized carbons (Fsp3) is 0.565. The number of anilines is 1. The van der Waals surface area contributed by atoms with Crippen molar-refractivity contribution in [2.75, 3.05) is 25.1 Å². The average molecular weight is 451 g/mol. The number of nitrogens with one attached hydrogen (secondary N) is 1. The predicted octanol–water partition coefficient (Wildman–Crippen LogP) is 2.44. The Morgan fingerprint density at radius 3 is 2.70 bits per heavy atom. The highest BCUT2D eigenvalue weighted by molar-refractivity contribution is 5.90. The monoisotopic (exact) mass is 450 g/mol. The Hall–Kier alpha value is -3.14. The third-order valence-electron chi connectivity index (χ3n) is 6.52. The van der Waals surface area contributed by atoms with Crippen LogP contribution in [0.15, 0.2) is 18.7 Å². The lowest BCUT2D eigenvalue weighted by Crippen LogP contribution is -2.54. The minimum absolute atomic E-state index is 0.103. The Bertz CT molecular complexity index is 1140. The summed E-state index contributed by atoms with van der Waals surface area (Å²) in [7, 11) is 0. The maximum Gasteiger partial charge on any atom is 0.245 e. The zero-order valence-electron chi connectivity index (χ0n) is 19.4. The lowest BCUT2D eigenvalue weighted by atomic mass is 10.1. The van der Waals surface area contributed by atoms with Gasteiger partial charge in [0.2, 0.25) is 5.91 Å². The van der Waals surface area contributed by atoms with E-state index >= 15 is 0 Å². The van der Waals surface area contributed by atoms with E-state index in [2.05, 4.69) is 25.3 Å². The molecule has 0 aromatic carbocycles. The van der Waals surface area contributed by atoms with E-state index in [9.17, 15) is 4.79 Å². The molecule has 1 saturated heterocycles. The molecule has 2 atom stereocenters. The zero-order valence-corrected chi connectivity index (χ0v) is 19.4. The smallest absolute Gasteiger partial charge is 0.245 e. The Morgan fingerprint density at radius 1 is 1.21 bits per heavy atom. The fourth-order valence-corrected chi connectivity index (χ4v) is 4.54. The highest BCUT2D eigenvalue weighted by Crippen LogP contribution is 2.37. The number of aromatic nitrogens is 6. The van der Waals surface area contributed by atoms with E-state index in [1.54, 1.807) is 12.4 Å². The molecule has 5 rings (SSSR count). The van der Waals surface area contributed by atoms with Gasteiger partial charge in [0.25, 0.3) is 0 Å². The minimum Gasteiger partial charge on any atom is -0.377 e. The van der Waals surface area contributed by atoms with Crippen LogP contribution in [0.3, 0.4) is 0 Å². The van der Waals surface area contributed by atoms with E-state index in [-0.39, 0.29) is 18.0 Å². The van der Waals surface area contributed by atoms with Crippen LogP contribution in [0.1, 0.15) is 38.9 Å². The highest BCUT2D eigenvalue weighted by Gasteiger charge is 2.40. The summed E-state index contributed by atoms with van der Waals surface area (Å²) in [4.78, 5) is 37.9. The molecule has 1 saturated carbocycles. The number of imidazole rings is 1. The van der Waals surface area contributed by atoms with Gasteiger partial charge in [-0.2, -0.15) is 0 Å². The van der Waals surface area contributed by atoms with Crippen LogP contribution in [0.5, 0.6) is 0 Å². The minimum atomic E-state index is -0.389. The molecule has 3 aromatic heterocycles. The standard InChI is InChI=1S/C23H30N8O2/c1-4-17(23(32)31-8-9-33-12-18(31)15-6-7-15)28-20-19-22(27-13-26-20)30(5-2)21(29-19)16-10-24-14(3)25-11-16/h10-11,13,15,17-18H,4-9,12H2,1-3H3,(H,26,27,28)/t17-,18+/m0/s1. The van der Waals surface area contributed by atoms with E-state index in [4.69, 9.17) is 9.72 Å². The first-order chi connectivity index (χ1) is 16.1. The summed E-state index contributed by atoms with van der Waals surface area (Å²) >= 11 is 0. The number of fused-ring (bicyclic) bond motifs is 1. The number of morpholine rings is 1. The van der Waals surface area contributed by atoms with Gasteiger partial charge < -0.3 is 19.5 Å². The molecular weight excluding hydrogens is 420 g/mol. The van der Waals surface area contributed by atoms with Gasteiger partial charge in [0.15, 0.2) is 17.0 Å². The molecule has 2 aliphatic rings. The van der Waals surface area contributed by atoms with E-state index in [0.29, 0.717) is 55.8 Å². The van der Waals surface area contributed by atoms with Gasteiger partial charge in [-0.15, -0.1) is 0 Å². The third-order valence-corrected chi connectivity index (χ3v) is 6.52. The second kappa shape index (κ2) is 9.01. The van der Waals surface area contributed by atoms with E-state index in [1.165, 1.54) is 19.2 Å². The summed E-state index contributed by atoms with van der Waals surface area (Å²) in [6.07, 6.45) is 8.05.